The molecular formula is C18H17FN2O2. The maximum absolute atomic E-state index is 12.9. The number of hydrogen-bond donors (Lipinski definition) is 1. The monoisotopic (exact) mass is 312 g/mol. The van der Waals surface area contributed by atoms with Crippen LogP contribution in [0.4, 0.5) is 10.1 Å². The molecule has 2 aromatic carbocycles. The number of likely N-dealkylation sites (tertiary alicyclic amines) is 1. The fraction of sp³-hybridized carbons (Fsp3) is 0.222. The minimum atomic E-state index is -0.360. The zero-order valence-electron chi connectivity index (χ0n) is 12.6. The Morgan fingerprint density at radius 3 is 2.30 bits per heavy atom. The van der Waals surface area contributed by atoms with Crippen LogP contribution in [0.5, 0.6) is 0 Å². The van der Waals surface area contributed by atoms with Crippen LogP contribution in [0.1, 0.15) is 33.6 Å². The van der Waals surface area contributed by atoms with Crippen LogP contribution in [-0.4, -0.2) is 29.8 Å². The van der Waals surface area contributed by atoms with Gasteiger partial charge in [0.2, 0.25) is 0 Å². The lowest BCUT2D eigenvalue weighted by Crippen LogP contribution is -2.27. The van der Waals surface area contributed by atoms with Crippen LogP contribution in [0.15, 0.2) is 48.5 Å². The van der Waals surface area contributed by atoms with E-state index in [1.807, 2.05) is 0 Å². The van der Waals surface area contributed by atoms with Gasteiger partial charge in [-0.15, -0.1) is 0 Å². The minimum Gasteiger partial charge on any atom is -0.339 e. The molecule has 0 aromatic heterocycles. The molecule has 1 N–H and O–H groups in total. The summed E-state index contributed by atoms with van der Waals surface area (Å²) in [7, 11) is 0. The van der Waals surface area contributed by atoms with Gasteiger partial charge in [-0.25, -0.2) is 4.39 Å². The number of amides is 2. The van der Waals surface area contributed by atoms with Crippen molar-refractivity contribution in [3.8, 4) is 0 Å². The summed E-state index contributed by atoms with van der Waals surface area (Å²) >= 11 is 0. The summed E-state index contributed by atoms with van der Waals surface area (Å²) in [6.45, 7) is 1.54. The van der Waals surface area contributed by atoms with E-state index in [9.17, 15) is 14.0 Å². The van der Waals surface area contributed by atoms with Crippen molar-refractivity contribution in [1.29, 1.82) is 0 Å². The minimum absolute atomic E-state index is 0.0427. The first-order valence-electron chi connectivity index (χ1n) is 7.60. The summed E-state index contributed by atoms with van der Waals surface area (Å²) in [5.74, 6) is -0.729. The van der Waals surface area contributed by atoms with Crippen LogP contribution >= 0.6 is 0 Å². The van der Waals surface area contributed by atoms with Crippen LogP contribution in [-0.2, 0) is 0 Å². The van der Waals surface area contributed by atoms with Gasteiger partial charge < -0.3 is 10.2 Å². The summed E-state index contributed by atoms with van der Waals surface area (Å²) < 4.78 is 12.9. The van der Waals surface area contributed by atoms with Crippen molar-refractivity contribution in [2.75, 3.05) is 18.4 Å². The molecule has 0 spiro atoms. The van der Waals surface area contributed by atoms with Crippen LogP contribution in [0.2, 0.25) is 0 Å². The lowest BCUT2D eigenvalue weighted by molar-refractivity contribution is 0.0793. The molecule has 3 rings (SSSR count). The van der Waals surface area contributed by atoms with E-state index in [4.69, 9.17) is 0 Å². The zero-order valence-corrected chi connectivity index (χ0v) is 12.6. The molecule has 2 amide bonds. The normalized spacial score (nSPS) is 13.9. The third-order valence-corrected chi connectivity index (χ3v) is 3.87. The lowest BCUT2D eigenvalue weighted by atomic mass is 10.1. The van der Waals surface area contributed by atoms with E-state index in [0.29, 0.717) is 16.8 Å². The number of anilines is 1. The van der Waals surface area contributed by atoms with E-state index in [1.165, 1.54) is 24.3 Å². The number of hydrogen-bond acceptors (Lipinski definition) is 2. The Morgan fingerprint density at radius 1 is 0.957 bits per heavy atom. The number of carbonyl (C=O) groups excluding carboxylic acids is 2. The van der Waals surface area contributed by atoms with Crippen molar-refractivity contribution in [3.63, 3.8) is 0 Å². The Balaban J connectivity index is 1.74. The maximum atomic E-state index is 12.9. The molecule has 2 aromatic rings. The summed E-state index contributed by atoms with van der Waals surface area (Å²) in [5.41, 5.74) is 1.42. The largest absolute Gasteiger partial charge is 0.339 e. The first kappa shape index (κ1) is 15.2. The van der Waals surface area contributed by atoms with Crippen LogP contribution in [0, 0.1) is 5.82 Å². The van der Waals surface area contributed by atoms with Gasteiger partial charge in [0.1, 0.15) is 5.82 Å². The van der Waals surface area contributed by atoms with Gasteiger partial charge in [0.15, 0.2) is 0 Å². The fourth-order valence-electron chi connectivity index (χ4n) is 2.63. The second-order valence-corrected chi connectivity index (χ2v) is 5.54. The molecule has 0 bridgehead atoms. The zero-order chi connectivity index (χ0) is 16.2. The third-order valence-electron chi connectivity index (χ3n) is 3.87. The molecule has 1 aliphatic heterocycles. The van der Waals surface area contributed by atoms with E-state index >= 15 is 0 Å². The molecule has 1 aliphatic rings. The van der Waals surface area contributed by atoms with Gasteiger partial charge in [0.25, 0.3) is 11.8 Å². The third kappa shape index (κ3) is 3.56. The van der Waals surface area contributed by atoms with Gasteiger partial charge in [-0.1, -0.05) is 6.07 Å². The molecule has 1 saturated heterocycles. The average molecular weight is 312 g/mol. The first-order valence-corrected chi connectivity index (χ1v) is 7.60. The van der Waals surface area contributed by atoms with E-state index in [1.54, 1.807) is 29.2 Å². The standard InChI is InChI=1S/C18H17FN2O2/c19-15-6-8-16(9-7-15)20-17(22)13-4-3-5-14(12-13)18(23)21-10-1-2-11-21/h3-9,12H,1-2,10-11H2,(H,20,22). The SMILES string of the molecule is O=C(Nc1ccc(F)cc1)c1cccc(C(=O)N2CCCC2)c1. The molecule has 23 heavy (non-hydrogen) atoms. The fourth-order valence-corrected chi connectivity index (χ4v) is 2.63. The Kier molecular flexibility index (Phi) is 4.37. The molecule has 1 fully saturated rings. The Labute approximate surface area is 133 Å². The quantitative estimate of drug-likeness (QED) is 0.945. The molecule has 0 unspecified atom stereocenters. The van der Waals surface area contributed by atoms with Gasteiger partial charge in [0, 0.05) is 29.9 Å². The van der Waals surface area contributed by atoms with Crippen molar-refractivity contribution in [2.24, 2.45) is 0 Å². The highest BCUT2D eigenvalue weighted by Crippen LogP contribution is 2.15. The lowest BCUT2D eigenvalue weighted by Gasteiger charge is -2.15. The Morgan fingerprint density at radius 2 is 1.61 bits per heavy atom. The molecule has 118 valence electrons. The average Bonchev–Trinajstić information content (AvgIpc) is 3.11. The Bertz CT molecular complexity index is 722. The van der Waals surface area contributed by atoms with E-state index in [-0.39, 0.29) is 17.6 Å². The molecule has 0 radical (unpaired) electrons. The van der Waals surface area contributed by atoms with Crippen molar-refractivity contribution >= 4 is 17.5 Å². The van der Waals surface area contributed by atoms with Crippen LogP contribution in [0.3, 0.4) is 0 Å². The van der Waals surface area contributed by atoms with E-state index in [2.05, 4.69) is 5.32 Å². The van der Waals surface area contributed by atoms with Gasteiger partial charge >= 0.3 is 0 Å². The number of nitrogens with zero attached hydrogens (tertiary/aromatic N) is 1. The molecule has 4 nitrogen and oxygen atoms in total. The Hall–Kier alpha value is -2.69. The van der Waals surface area contributed by atoms with Crippen LogP contribution in [0.25, 0.3) is 0 Å². The van der Waals surface area contributed by atoms with E-state index < -0.39 is 0 Å². The number of nitrogens with one attached hydrogen (secondary N) is 1. The number of carbonyl (C=O) groups is 2. The number of halogens is 1. The molecule has 5 heteroatoms. The van der Waals surface area contributed by atoms with Gasteiger partial charge in [-0.2, -0.15) is 0 Å². The summed E-state index contributed by atoms with van der Waals surface area (Å²) in [6, 6.07) is 12.2. The number of benzene rings is 2. The van der Waals surface area contributed by atoms with Gasteiger partial charge in [-0.3, -0.25) is 9.59 Å². The highest BCUT2D eigenvalue weighted by Gasteiger charge is 2.20. The molecular weight excluding hydrogens is 295 g/mol. The van der Waals surface area contributed by atoms with Crippen molar-refractivity contribution in [3.05, 3.63) is 65.5 Å². The highest BCUT2D eigenvalue weighted by atomic mass is 19.1. The maximum Gasteiger partial charge on any atom is 0.255 e. The molecule has 0 aliphatic carbocycles. The summed E-state index contributed by atoms with van der Waals surface area (Å²) in [4.78, 5) is 26.4. The van der Waals surface area contributed by atoms with Crippen molar-refractivity contribution < 1.29 is 14.0 Å². The predicted molar refractivity (Wildman–Crippen MR) is 85.9 cm³/mol. The van der Waals surface area contributed by atoms with Crippen molar-refractivity contribution in [1.82, 2.24) is 4.90 Å². The predicted octanol–water partition coefficient (Wildman–Crippen LogP) is 3.31. The number of rotatable bonds is 3. The first-order chi connectivity index (χ1) is 11.1. The molecule has 0 saturated carbocycles. The molecule has 1 heterocycles. The smallest absolute Gasteiger partial charge is 0.255 e. The summed E-state index contributed by atoms with van der Waals surface area (Å²) in [5, 5.41) is 2.69. The van der Waals surface area contributed by atoms with Crippen LogP contribution < -0.4 is 5.32 Å². The van der Waals surface area contributed by atoms with Gasteiger partial charge in [-0.05, 0) is 55.3 Å². The topological polar surface area (TPSA) is 49.4 Å². The van der Waals surface area contributed by atoms with Crippen molar-refractivity contribution in [2.45, 2.75) is 12.8 Å². The van der Waals surface area contributed by atoms with E-state index in [0.717, 1.165) is 25.9 Å². The summed E-state index contributed by atoms with van der Waals surface area (Å²) in [6.07, 6.45) is 2.05. The second-order valence-electron chi connectivity index (χ2n) is 5.54. The van der Waals surface area contributed by atoms with Gasteiger partial charge in [0.05, 0.1) is 0 Å². The molecule has 0 atom stereocenters. The highest BCUT2D eigenvalue weighted by molar-refractivity contribution is 6.06. The second kappa shape index (κ2) is 6.60.